The number of amides is 1. The van der Waals surface area contributed by atoms with Crippen molar-refractivity contribution in [1.82, 2.24) is 15.2 Å². The van der Waals surface area contributed by atoms with Gasteiger partial charge in [-0.2, -0.15) is 5.10 Å². The second-order valence-electron chi connectivity index (χ2n) is 5.06. The normalized spacial score (nSPS) is 10.6. The van der Waals surface area contributed by atoms with Crippen molar-refractivity contribution in [2.75, 3.05) is 5.32 Å². The number of hydrogen-bond acceptors (Lipinski definition) is 5. The van der Waals surface area contributed by atoms with Gasteiger partial charge < -0.3 is 0 Å². The van der Waals surface area contributed by atoms with E-state index in [-0.39, 0.29) is 17.1 Å². The number of aryl methyl sites for hydroxylation is 1. The number of nitrogens with one attached hydrogen (secondary N) is 2. The number of thiazole rings is 1. The van der Waals surface area contributed by atoms with Gasteiger partial charge in [0.05, 0.1) is 5.69 Å². The Bertz CT molecular complexity index is 931. The topological polar surface area (TPSA) is 87.7 Å². The number of rotatable bonds is 4. The third-order valence-electron chi connectivity index (χ3n) is 3.33. The van der Waals surface area contributed by atoms with E-state index < -0.39 is 5.91 Å². The summed E-state index contributed by atoms with van der Waals surface area (Å²) in [5.74, 6) is -0.745. The summed E-state index contributed by atoms with van der Waals surface area (Å²) in [5, 5.41) is 8.89. The molecule has 6 nitrogen and oxygen atoms in total. The summed E-state index contributed by atoms with van der Waals surface area (Å²) in [7, 11) is 0. The number of H-pyrrole nitrogens is 1. The van der Waals surface area contributed by atoms with E-state index in [4.69, 9.17) is 0 Å². The quantitative estimate of drug-likeness (QED) is 0.761. The molecule has 8 heteroatoms. The summed E-state index contributed by atoms with van der Waals surface area (Å²) in [4.78, 5) is 28.2. The van der Waals surface area contributed by atoms with Crippen molar-refractivity contribution >= 4 is 22.4 Å². The summed E-state index contributed by atoms with van der Waals surface area (Å²) in [6, 6.07) is 9.10. The maximum Gasteiger partial charge on any atom is 0.277 e. The standard InChI is InChI=1S/C16H13FN4O2S/c1-9-13(8-10-4-2-3-5-11(10)17)24-16(18-9)19-15(23)12-6-7-14(22)21-20-12/h2-7H,8H2,1H3,(H,21,22)(H,18,19,23). The average Bonchev–Trinajstić information content (AvgIpc) is 2.89. The highest BCUT2D eigenvalue weighted by atomic mass is 32.1. The predicted octanol–water partition coefficient (Wildman–Crippen LogP) is 2.52. The van der Waals surface area contributed by atoms with Gasteiger partial charge in [0.1, 0.15) is 11.5 Å². The Balaban J connectivity index is 1.76. The first-order chi connectivity index (χ1) is 11.5. The number of carbonyl (C=O) groups excluding carboxylic acids is 1. The summed E-state index contributed by atoms with van der Waals surface area (Å²) < 4.78 is 13.8. The molecule has 3 aromatic rings. The molecule has 1 aromatic carbocycles. The van der Waals surface area contributed by atoms with E-state index in [9.17, 15) is 14.0 Å². The van der Waals surface area contributed by atoms with Crippen LogP contribution in [0.1, 0.15) is 26.6 Å². The van der Waals surface area contributed by atoms with Gasteiger partial charge in [-0.05, 0) is 24.6 Å². The van der Waals surface area contributed by atoms with Crippen molar-refractivity contribution in [1.29, 1.82) is 0 Å². The SMILES string of the molecule is Cc1nc(NC(=O)c2ccc(=O)[nH]n2)sc1Cc1ccccc1F. The van der Waals surface area contributed by atoms with Crippen molar-refractivity contribution < 1.29 is 9.18 Å². The van der Waals surface area contributed by atoms with Crippen LogP contribution in [0.2, 0.25) is 0 Å². The molecule has 0 saturated carbocycles. The predicted molar refractivity (Wildman–Crippen MR) is 88.9 cm³/mol. The van der Waals surface area contributed by atoms with Gasteiger partial charge in [-0.1, -0.05) is 18.2 Å². The molecule has 24 heavy (non-hydrogen) atoms. The maximum absolute atomic E-state index is 13.8. The van der Waals surface area contributed by atoms with Crippen molar-refractivity contribution in [3.8, 4) is 0 Å². The first-order valence-electron chi connectivity index (χ1n) is 7.10. The molecule has 2 N–H and O–H groups in total. The molecule has 0 atom stereocenters. The first kappa shape index (κ1) is 16.0. The molecule has 2 aromatic heterocycles. The molecule has 0 spiro atoms. The number of anilines is 1. The van der Waals surface area contributed by atoms with Gasteiger partial charge in [0, 0.05) is 17.4 Å². The molecule has 0 radical (unpaired) electrons. The zero-order valence-electron chi connectivity index (χ0n) is 12.7. The zero-order chi connectivity index (χ0) is 17.1. The smallest absolute Gasteiger partial charge is 0.277 e. The van der Waals surface area contributed by atoms with Crippen LogP contribution in [0.25, 0.3) is 0 Å². The zero-order valence-corrected chi connectivity index (χ0v) is 13.5. The van der Waals surface area contributed by atoms with Crippen molar-refractivity contribution in [2.45, 2.75) is 13.3 Å². The molecule has 0 bridgehead atoms. The van der Waals surface area contributed by atoms with Gasteiger partial charge in [0.15, 0.2) is 5.13 Å². The number of carbonyl (C=O) groups is 1. The monoisotopic (exact) mass is 344 g/mol. The van der Waals surface area contributed by atoms with Gasteiger partial charge >= 0.3 is 0 Å². The molecule has 1 amide bonds. The Morgan fingerprint density at radius 1 is 1.29 bits per heavy atom. The van der Waals surface area contributed by atoms with Crippen molar-refractivity contribution in [3.05, 3.63) is 74.4 Å². The highest BCUT2D eigenvalue weighted by Gasteiger charge is 2.14. The van der Waals surface area contributed by atoms with E-state index in [1.807, 2.05) is 0 Å². The third kappa shape index (κ3) is 3.54. The maximum atomic E-state index is 13.8. The van der Waals surface area contributed by atoms with Crippen LogP contribution in [0, 0.1) is 12.7 Å². The van der Waals surface area contributed by atoms with E-state index in [2.05, 4.69) is 20.5 Å². The Labute approximate surface area is 140 Å². The van der Waals surface area contributed by atoms with Crippen LogP contribution in [-0.4, -0.2) is 21.1 Å². The fourth-order valence-corrected chi connectivity index (χ4v) is 3.07. The van der Waals surface area contributed by atoms with Crippen LogP contribution >= 0.6 is 11.3 Å². The van der Waals surface area contributed by atoms with Crippen LogP contribution < -0.4 is 10.9 Å². The van der Waals surface area contributed by atoms with E-state index in [0.29, 0.717) is 17.1 Å². The Morgan fingerprint density at radius 2 is 2.08 bits per heavy atom. The highest BCUT2D eigenvalue weighted by Crippen LogP contribution is 2.26. The van der Waals surface area contributed by atoms with Crippen LogP contribution in [0.15, 0.2) is 41.2 Å². The lowest BCUT2D eigenvalue weighted by Gasteiger charge is -2.01. The Hall–Kier alpha value is -2.87. The van der Waals surface area contributed by atoms with E-state index >= 15 is 0 Å². The Kier molecular flexibility index (Phi) is 4.48. The van der Waals surface area contributed by atoms with Crippen molar-refractivity contribution in [3.63, 3.8) is 0 Å². The Morgan fingerprint density at radius 3 is 2.79 bits per heavy atom. The number of hydrogen-bond donors (Lipinski definition) is 2. The molecule has 3 rings (SSSR count). The number of aromatic nitrogens is 3. The molecular formula is C16H13FN4O2S. The van der Waals surface area contributed by atoms with E-state index in [1.165, 1.54) is 29.5 Å². The lowest BCUT2D eigenvalue weighted by Crippen LogP contribution is -2.17. The van der Waals surface area contributed by atoms with Gasteiger partial charge in [0.2, 0.25) is 0 Å². The van der Waals surface area contributed by atoms with Crippen LogP contribution in [0.5, 0.6) is 0 Å². The molecule has 0 aliphatic carbocycles. The van der Waals surface area contributed by atoms with Gasteiger partial charge in [0.25, 0.3) is 11.5 Å². The first-order valence-corrected chi connectivity index (χ1v) is 7.91. The summed E-state index contributed by atoms with van der Waals surface area (Å²) in [5.41, 5.74) is 0.999. The molecule has 0 aliphatic heterocycles. The molecule has 0 fully saturated rings. The summed E-state index contributed by atoms with van der Waals surface area (Å²) in [6.07, 6.45) is 0.406. The summed E-state index contributed by atoms with van der Waals surface area (Å²) >= 11 is 1.28. The number of nitrogens with zero attached hydrogens (tertiary/aromatic N) is 2. The lowest BCUT2D eigenvalue weighted by molar-refractivity contribution is 0.102. The van der Waals surface area contributed by atoms with Crippen LogP contribution in [0.3, 0.4) is 0 Å². The van der Waals surface area contributed by atoms with E-state index in [0.717, 1.165) is 10.6 Å². The minimum atomic E-state index is -0.475. The van der Waals surface area contributed by atoms with Gasteiger partial charge in [-0.3, -0.25) is 14.9 Å². The third-order valence-corrected chi connectivity index (χ3v) is 4.41. The average molecular weight is 344 g/mol. The number of benzene rings is 1. The molecule has 0 saturated heterocycles. The second-order valence-corrected chi connectivity index (χ2v) is 6.14. The molecular weight excluding hydrogens is 331 g/mol. The van der Waals surface area contributed by atoms with Crippen molar-refractivity contribution in [2.24, 2.45) is 0 Å². The van der Waals surface area contributed by atoms with Gasteiger partial charge in [-0.15, -0.1) is 11.3 Å². The minimum Gasteiger partial charge on any atom is -0.296 e. The highest BCUT2D eigenvalue weighted by molar-refractivity contribution is 7.15. The summed E-state index contributed by atoms with van der Waals surface area (Å²) in [6.45, 7) is 1.81. The molecule has 0 aliphatic rings. The lowest BCUT2D eigenvalue weighted by atomic mass is 10.1. The van der Waals surface area contributed by atoms with Gasteiger partial charge in [-0.25, -0.2) is 14.5 Å². The molecule has 2 heterocycles. The largest absolute Gasteiger partial charge is 0.296 e. The fourth-order valence-electron chi connectivity index (χ4n) is 2.09. The number of halogens is 1. The van der Waals surface area contributed by atoms with Crippen LogP contribution in [-0.2, 0) is 6.42 Å². The minimum absolute atomic E-state index is 0.0816. The fraction of sp³-hybridized carbons (Fsp3) is 0.125. The molecule has 0 unspecified atom stereocenters. The molecule has 122 valence electrons. The van der Waals surface area contributed by atoms with Crippen LogP contribution in [0.4, 0.5) is 9.52 Å². The second kappa shape index (κ2) is 6.71. The number of aromatic amines is 1. The van der Waals surface area contributed by atoms with E-state index in [1.54, 1.807) is 25.1 Å².